The zero-order valence-corrected chi connectivity index (χ0v) is 14.6. The van der Waals surface area contributed by atoms with Crippen molar-refractivity contribution in [1.82, 2.24) is 19.7 Å². The number of nitrogens with zero attached hydrogens (tertiary/aromatic N) is 4. The molecule has 0 aliphatic heterocycles. The summed E-state index contributed by atoms with van der Waals surface area (Å²) < 4.78 is 1.81. The number of hydrogen-bond donors (Lipinski definition) is 1. The lowest BCUT2D eigenvalue weighted by Crippen LogP contribution is -2.08. The monoisotopic (exact) mass is 349 g/mol. The van der Waals surface area contributed by atoms with Gasteiger partial charge in [0.05, 0.1) is 16.7 Å². The van der Waals surface area contributed by atoms with E-state index in [0.29, 0.717) is 16.7 Å². The fourth-order valence-electron chi connectivity index (χ4n) is 2.74. The van der Waals surface area contributed by atoms with Gasteiger partial charge in [0.2, 0.25) is 0 Å². The first kappa shape index (κ1) is 15.6. The standard InChI is InChI=1S/C19H16ClN5/c1-12-11-13(2)25(24-12)19-18(21-15-9-7-14(20)8-10-15)22-16-5-3-4-6-17(16)23-19/h3-11H,1-2H3,(H,21,22). The third-order valence-corrected chi connectivity index (χ3v) is 4.12. The summed E-state index contributed by atoms with van der Waals surface area (Å²) in [6.45, 7) is 3.97. The average Bonchev–Trinajstić information content (AvgIpc) is 2.94. The van der Waals surface area contributed by atoms with Gasteiger partial charge in [0.15, 0.2) is 11.6 Å². The highest BCUT2D eigenvalue weighted by Gasteiger charge is 2.14. The Morgan fingerprint density at radius 1 is 0.920 bits per heavy atom. The molecule has 1 N–H and O–H groups in total. The molecule has 124 valence electrons. The molecule has 0 aliphatic rings. The van der Waals surface area contributed by atoms with Gasteiger partial charge in [0.25, 0.3) is 0 Å². The summed E-state index contributed by atoms with van der Waals surface area (Å²) >= 11 is 5.97. The number of nitrogens with one attached hydrogen (secondary N) is 1. The van der Waals surface area contributed by atoms with Crippen LogP contribution < -0.4 is 5.32 Å². The van der Waals surface area contributed by atoms with Crippen molar-refractivity contribution >= 4 is 34.1 Å². The predicted octanol–water partition coefficient (Wildman–Crippen LogP) is 4.83. The van der Waals surface area contributed by atoms with Crippen molar-refractivity contribution in [2.45, 2.75) is 13.8 Å². The van der Waals surface area contributed by atoms with E-state index in [0.717, 1.165) is 28.1 Å². The molecule has 0 fully saturated rings. The summed E-state index contributed by atoms with van der Waals surface area (Å²) in [6.07, 6.45) is 0. The van der Waals surface area contributed by atoms with Crippen LogP contribution in [0.15, 0.2) is 54.6 Å². The zero-order chi connectivity index (χ0) is 17.4. The highest BCUT2D eigenvalue weighted by molar-refractivity contribution is 6.30. The maximum absolute atomic E-state index is 5.97. The fourth-order valence-corrected chi connectivity index (χ4v) is 2.86. The first-order valence-electron chi connectivity index (χ1n) is 7.93. The first-order chi connectivity index (χ1) is 12.1. The molecule has 2 aromatic heterocycles. The van der Waals surface area contributed by atoms with Gasteiger partial charge in [-0.3, -0.25) is 0 Å². The number of benzene rings is 2. The van der Waals surface area contributed by atoms with Gasteiger partial charge in [-0.05, 0) is 56.3 Å². The lowest BCUT2D eigenvalue weighted by Gasteiger charge is -2.13. The van der Waals surface area contributed by atoms with E-state index >= 15 is 0 Å². The number of hydrogen-bond acceptors (Lipinski definition) is 4. The van der Waals surface area contributed by atoms with Crippen molar-refractivity contribution in [3.05, 3.63) is 71.0 Å². The van der Waals surface area contributed by atoms with Crippen LogP contribution in [0.2, 0.25) is 5.02 Å². The summed E-state index contributed by atoms with van der Waals surface area (Å²) in [6, 6.07) is 17.3. The Morgan fingerprint density at radius 2 is 1.60 bits per heavy atom. The molecule has 0 atom stereocenters. The van der Waals surface area contributed by atoms with Crippen LogP contribution in [-0.4, -0.2) is 19.7 Å². The second-order valence-corrected chi connectivity index (χ2v) is 6.29. The van der Waals surface area contributed by atoms with Crippen LogP contribution in [-0.2, 0) is 0 Å². The van der Waals surface area contributed by atoms with Crippen LogP contribution in [0.25, 0.3) is 16.9 Å². The molecule has 4 rings (SSSR count). The van der Waals surface area contributed by atoms with E-state index in [1.54, 1.807) is 0 Å². The van der Waals surface area contributed by atoms with Crippen LogP contribution in [0.5, 0.6) is 0 Å². The van der Waals surface area contributed by atoms with Crippen LogP contribution >= 0.6 is 11.6 Å². The van der Waals surface area contributed by atoms with E-state index in [-0.39, 0.29) is 0 Å². The van der Waals surface area contributed by atoms with E-state index in [1.165, 1.54) is 0 Å². The van der Waals surface area contributed by atoms with Crippen molar-refractivity contribution in [2.24, 2.45) is 0 Å². The Balaban J connectivity index is 1.89. The van der Waals surface area contributed by atoms with Crippen molar-refractivity contribution in [1.29, 1.82) is 0 Å². The Bertz CT molecular complexity index is 1050. The third-order valence-electron chi connectivity index (χ3n) is 3.87. The molecule has 0 amide bonds. The number of fused-ring (bicyclic) bond motifs is 1. The van der Waals surface area contributed by atoms with Crippen molar-refractivity contribution in [3.8, 4) is 5.82 Å². The smallest absolute Gasteiger partial charge is 0.197 e. The molecule has 0 radical (unpaired) electrons. The molecule has 0 saturated heterocycles. The number of halogens is 1. The van der Waals surface area contributed by atoms with Gasteiger partial charge in [-0.15, -0.1) is 0 Å². The minimum atomic E-state index is 0.646. The maximum Gasteiger partial charge on any atom is 0.197 e. The van der Waals surface area contributed by atoms with Gasteiger partial charge in [-0.1, -0.05) is 23.7 Å². The molecule has 0 unspecified atom stereocenters. The van der Waals surface area contributed by atoms with E-state index in [2.05, 4.69) is 10.4 Å². The number of aryl methyl sites for hydroxylation is 2. The quantitative estimate of drug-likeness (QED) is 0.575. The molecule has 5 nitrogen and oxygen atoms in total. The lowest BCUT2D eigenvalue weighted by atomic mass is 10.3. The summed E-state index contributed by atoms with van der Waals surface area (Å²) in [5.41, 5.74) is 4.47. The molecule has 2 aromatic carbocycles. The van der Waals surface area contributed by atoms with Gasteiger partial charge in [0.1, 0.15) is 0 Å². The third kappa shape index (κ3) is 3.06. The molecule has 0 aliphatic carbocycles. The van der Waals surface area contributed by atoms with Gasteiger partial charge in [0, 0.05) is 16.4 Å². The van der Waals surface area contributed by atoms with Crippen molar-refractivity contribution in [2.75, 3.05) is 5.32 Å². The highest BCUT2D eigenvalue weighted by atomic mass is 35.5. The summed E-state index contributed by atoms with van der Waals surface area (Å²) in [5, 5.41) is 8.58. The largest absolute Gasteiger partial charge is 0.337 e. The SMILES string of the molecule is Cc1cc(C)n(-c2nc3ccccc3nc2Nc2ccc(Cl)cc2)n1. The molecule has 0 spiro atoms. The van der Waals surface area contributed by atoms with Gasteiger partial charge >= 0.3 is 0 Å². The van der Waals surface area contributed by atoms with Crippen LogP contribution in [0.1, 0.15) is 11.4 Å². The number of anilines is 2. The van der Waals surface area contributed by atoms with E-state index < -0.39 is 0 Å². The second-order valence-electron chi connectivity index (χ2n) is 5.86. The Labute approximate surface area is 150 Å². The Hall–Kier alpha value is -2.92. The number of rotatable bonds is 3. The molecule has 25 heavy (non-hydrogen) atoms. The molecule has 4 aromatic rings. The highest BCUT2D eigenvalue weighted by Crippen LogP contribution is 2.25. The molecule has 0 bridgehead atoms. The minimum Gasteiger partial charge on any atom is -0.337 e. The van der Waals surface area contributed by atoms with Crippen LogP contribution in [0.4, 0.5) is 11.5 Å². The predicted molar refractivity (Wildman–Crippen MR) is 101 cm³/mol. The molecular formula is C19H16ClN5. The van der Waals surface area contributed by atoms with Crippen LogP contribution in [0, 0.1) is 13.8 Å². The van der Waals surface area contributed by atoms with E-state index in [4.69, 9.17) is 21.6 Å². The van der Waals surface area contributed by atoms with Gasteiger partial charge < -0.3 is 5.32 Å². The van der Waals surface area contributed by atoms with Crippen molar-refractivity contribution < 1.29 is 0 Å². The summed E-state index contributed by atoms with van der Waals surface area (Å²) in [7, 11) is 0. The first-order valence-corrected chi connectivity index (χ1v) is 8.31. The normalized spacial score (nSPS) is 11.0. The number of aromatic nitrogens is 4. The molecular weight excluding hydrogens is 334 g/mol. The van der Waals surface area contributed by atoms with E-state index in [1.807, 2.05) is 73.1 Å². The fraction of sp³-hybridized carbons (Fsp3) is 0.105. The van der Waals surface area contributed by atoms with Crippen LogP contribution in [0.3, 0.4) is 0 Å². The van der Waals surface area contributed by atoms with Gasteiger partial charge in [-0.25, -0.2) is 14.6 Å². The number of para-hydroxylation sites is 2. The summed E-state index contributed by atoms with van der Waals surface area (Å²) in [5.74, 6) is 1.31. The molecule has 6 heteroatoms. The molecule has 0 saturated carbocycles. The topological polar surface area (TPSA) is 55.6 Å². The maximum atomic E-state index is 5.97. The van der Waals surface area contributed by atoms with Gasteiger partial charge in [-0.2, -0.15) is 5.10 Å². The van der Waals surface area contributed by atoms with Crippen molar-refractivity contribution in [3.63, 3.8) is 0 Å². The zero-order valence-electron chi connectivity index (χ0n) is 13.9. The lowest BCUT2D eigenvalue weighted by molar-refractivity contribution is 0.808. The Morgan fingerprint density at radius 3 is 2.24 bits per heavy atom. The molecule has 2 heterocycles. The second kappa shape index (κ2) is 6.18. The van der Waals surface area contributed by atoms with E-state index in [9.17, 15) is 0 Å². The summed E-state index contributed by atoms with van der Waals surface area (Å²) in [4.78, 5) is 9.53. The average molecular weight is 350 g/mol. The minimum absolute atomic E-state index is 0.646. The Kier molecular flexibility index (Phi) is 3.86.